The van der Waals surface area contributed by atoms with E-state index in [4.69, 9.17) is 9.15 Å². The smallest absolute Gasteiger partial charge is 0.393 e. The van der Waals surface area contributed by atoms with Gasteiger partial charge in [0.2, 0.25) is 11.8 Å². The molecular weight excluding hydrogens is 274 g/mol. The van der Waals surface area contributed by atoms with Gasteiger partial charge in [-0.15, -0.1) is 5.10 Å². The lowest BCUT2D eigenvalue weighted by Crippen LogP contribution is -2.72. The molecule has 1 amide bonds. The van der Waals surface area contributed by atoms with E-state index >= 15 is 0 Å². The van der Waals surface area contributed by atoms with Crippen LogP contribution in [0.1, 0.15) is 31.6 Å². The Morgan fingerprint density at radius 1 is 1.48 bits per heavy atom. The third kappa shape index (κ3) is 2.02. The predicted molar refractivity (Wildman–Crippen MR) is 71.6 cm³/mol. The summed E-state index contributed by atoms with van der Waals surface area (Å²) in [6.45, 7) is 3.00. The molecule has 2 atom stereocenters. The summed E-state index contributed by atoms with van der Waals surface area (Å²) in [4.78, 5) is 25.9. The Morgan fingerprint density at radius 3 is 2.86 bits per heavy atom. The SMILES string of the molecule is Cc1nn(CC(=O)N2CC3(CCCO3)C2C2CC2)c(=O)o1. The van der Waals surface area contributed by atoms with Gasteiger partial charge in [0, 0.05) is 13.5 Å². The second kappa shape index (κ2) is 4.43. The molecule has 7 heteroatoms. The van der Waals surface area contributed by atoms with Crippen molar-refractivity contribution in [3.63, 3.8) is 0 Å². The second-order valence-electron chi connectivity index (χ2n) is 6.37. The molecule has 1 spiro atoms. The summed E-state index contributed by atoms with van der Waals surface area (Å²) in [5.74, 6) is 0.210. The number of amides is 1. The maximum absolute atomic E-state index is 12.5. The summed E-state index contributed by atoms with van der Waals surface area (Å²) in [5, 5.41) is 3.92. The Morgan fingerprint density at radius 2 is 2.29 bits per heavy atom. The number of aryl methyl sites for hydroxylation is 1. The summed E-state index contributed by atoms with van der Waals surface area (Å²) in [6.07, 6.45) is 4.46. The first-order valence-corrected chi connectivity index (χ1v) is 7.57. The van der Waals surface area contributed by atoms with Crippen LogP contribution in [-0.4, -0.2) is 45.4 Å². The lowest BCUT2D eigenvalue weighted by molar-refractivity contribution is -0.185. The molecule has 1 aliphatic carbocycles. The van der Waals surface area contributed by atoms with Crippen LogP contribution in [0.25, 0.3) is 0 Å². The molecule has 0 aromatic carbocycles. The van der Waals surface area contributed by atoms with Gasteiger partial charge in [-0.05, 0) is 31.6 Å². The Kier molecular flexibility index (Phi) is 2.76. The van der Waals surface area contributed by atoms with Gasteiger partial charge in [0.15, 0.2) is 0 Å². The fourth-order valence-corrected chi connectivity index (χ4v) is 3.80. The van der Waals surface area contributed by atoms with Crippen molar-refractivity contribution >= 4 is 5.91 Å². The van der Waals surface area contributed by atoms with E-state index < -0.39 is 5.76 Å². The highest BCUT2D eigenvalue weighted by atomic mass is 16.5. The highest BCUT2D eigenvalue weighted by Gasteiger charge is 2.61. The zero-order valence-corrected chi connectivity index (χ0v) is 12.1. The minimum atomic E-state index is -0.573. The molecule has 3 fully saturated rings. The number of hydrogen-bond acceptors (Lipinski definition) is 5. The van der Waals surface area contributed by atoms with Crippen LogP contribution in [0, 0.1) is 12.8 Å². The third-order valence-corrected chi connectivity index (χ3v) is 4.83. The Labute approximate surface area is 121 Å². The van der Waals surface area contributed by atoms with Crippen LogP contribution in [0.15, 0.2) is 9.21 Å². The fourth-order valence-electron chi connectivity index (χ4n) is 3.80. The fraction of sp³-hybridized carbons (Fsp3) is 0.786. The molecule has 4 rings (SSSR count). The van der Waals surface area contributed by atoms with Gasteiger partial charge in [0.25, 0.3) is 0 Å². The van der Waals surface area contributed by atoms with E-state index in [1.54, 1.807) is 6.92 Å². The van der Waals surface area contributed by atoms with E-state index in [-0.39, 0.29) is 30.0 Å². The molecule has 7 nitrogen and oxygen atoms in total. The van der Waals surface area contributed by atoms with Crippen LogP contribution >= 0.6 is 0 Å². The number of ether oxygens (including phenoxy) is 1. The highest BCUT2D eigenvalue weighted by molar-refractivity contribution is 5.78. The van der Waals surface area contributed by atoms with Gasteiger partial charge in [-0.2, -0.15) is 4.68 Å². The van der Waals surface area contributed by atoms with E-state index in [0.29, 0.717) is 12.5 Å². The lowest BCUT2D eigenvalue weighted by atomic mass is 9.78. The van der Waals surface area contributed by atoms with Crippen molar-refractivity contribution < 1.29 is 13.9 Å². The quantitative estimate of drug-likeness (QED) is 0.802. The number of hydrogen-bond donors (Lipinski definition) is 0. The molecule has 3 aliphatic rings. The number of carbonyl (C=O) groups is 1. The largest absolute Gasteiger partial charge is 0.437 e. The molecule has 3 heterocycles. The predicted octanol–water partition coefficient (Wildman–Crippen LogP) is 0.315. The van der Waals surface area contributed by atoms with Gasteiger partial charge in [0.05, 0.1) is 12.6 Å². The number of nitrogens with zero attached hydrogens (tertiary/aromatic N) is 3. The highest BCUT2D eigenvalue weighted by Crippen LogP contribution is 2.51. The zero-order valence-electron chi connectivity index (χ0n) is 12.1. The van der Waals surface area contributed by atoms with Crippen LogP contribution in [0.4, 0.5) is 0 Å². The first-order valence-electron chi connectivity index (χ1n) is 7.57. The van der Waals surface area contributed by atoms with Crippen molar-refractivity contribution in [1.82, 2.24) is 14.7 Å². The van der Waals surface area contributed by atoms with Crippen molar-refractivity contribution in [2.24, 2.45) is 5.92 Å². The van der Waals surface area contributed by atoms with Crippen molar-refractivity contribution in [3.05, 3.63) is 16.4 Å². The third-order valence-electron chi connectivity index (χ3n) is 4.83. The molecule has 21 heavy (non-hydrogen) atoms. The first-order chi connectivity index (χ1) is 10.1. The minimum absolute atomic E-state index is 0.0462. The summed E-state index contributed by atoms with van der Waals surface area (Å²) in [5.41, 5.74) is -0.110. The van der Waals surface area contributed by atoms with Crippen LogP contribution in [-0.2, 0) is 16.1 Å². The van der Waals surface area contributed by atoms with Crippen molar-refractivity contribution in [2.45, 2.75) is 50.8 Å². The zero-order chi connectivity index (χ0) is 14.6. The lowest BCUT2D eigenvalue weighted by Gasteiger charge is -2.55. The van der Waals surface area contributed by atoms with Gasteiger partial charge in [-0.25, -0.2) is 4.79 Å². The second-order valence-corrected chi connectivity index (χ2v) is 6.37. The molecule has 1 aromatic heterocycles. The van der Waals surface area contributed by atoms with Crippen LogP contribution in [0.3, 0.4) is 0 Å². The van der Waals surface area contributed by atoms with Gasteiger partial charge >= 0.3 is 5.76 Å². The van der Waals surface area contributed by atoms with E-state index in [1.807, 2.05) is 4.90 Å². The van der Waals surface area contributed by atoms with E-state index in [9.17, 15) is 9.59 Å². The van der Waals surface area contributed by atoms with Crippen molar-refractivity contribution in [3.8, 4) is 0 Å². The monoisotopic (exact) mass is 293 g/mol. The van der Waals surface area contributed by atoms with Gasteiger partial charge in [-0.3, -0.25) is 4.79 Å². The molecule has 0 N–H and O–H groups in total. The van der Waals surface area contributed by atoms with Crippen molar-refractivity contribution in [2.75, 3.05) is 13.2 Å². The molecular formula is C14H19N3O4. The van der Waals surface area contributed by atoms with E-state index in [0.717, 1.165) is 24.1 Å². The number of carbonyl (C=O) groups excluding carboxylic acids is 1. The standard InChI is InChI=1S/C14H19N3O4/c1-9-15-17(13(19)21-9)7-11(18)16-8-14(5-2-6-20-14)12(16)10-3-4-10/h10,12H,2-8H2,1H3. The average Bonchev–Trinajstić information content (AvgIpc) is 2.99. The molecule has 114 valence electrons. The topological polar surface area (TPSA) is 77.6 Å². The van der Waals surface area contributed by atoms with Gasteiger partial charge in [0.1, 0.15) is 12.1 Å². The molecule has 1 saturated carbocycles. The maximum Gasteiger partial charge on any atom is 0.437 e. The van der Waals surface area contributed by atoms with Crippen LogP contribution in [0.2, 0.25) is 0 Å². The maximum atomic E-state index is 12.5. The van der Waals surface area contributed by atoms with Crippen LogP contribution in [0.5, 0.6) is 0 Å². The number of rotatable bonds is 3. The first kappa shape index (κ1) is 13.1. The summed E-state index contributed by atoms with van der Waals surface area (Å²) >= 11 is 0. The number of likely N-dealkylation sites (tertiary alicyclic amines) is 1. The van der Waals surface area contributed by atoms with Gasteiger partial charge in [-0.1, -0.05) is 0 Å². The minimum Gasteiger partial charge on any atom is -0.393 e. The van der Waals surface area contributed by atoms with Crippen LogP contribution < -0.4 is 5.76 Å². The summed E-state index contributed by atoms with van der Waals surface area (Å²) < 4.78 is 11.9. The molecule has 1 aromatic rings. The van der Waals surface area contributed by atoms with E-state index in [2.05, 4.69) is 5.10 Å². The summed E-state index contributed by atoms with van der Waals surface area (Å²) in [7, 11) is 0. The Hall–Kier alpha value is -1.63. The molecule has 0 radical (unpaired) electrons. The average molecular weight is 293 g/mol. The van der Waals surface area contributed by atoms with E-state index in [1.165, 1.54) is 12.8 Å². The number of aromatic nitrogens is 2. The summed E-state index contributed by atoms with van der Waals surface area (Å²) in [6, 6.07) is 0.191. The van der Waals surface area contributed by atoms with Gasteiger partial charge < -0.3 is 14.1 Å². The van der Waals surface area contributed by atoms with Crippen molar-refractivity contribution in [1.29, 1.82) is 0 Å². The molecule has 2 aliphatic heterocycles. The normalized spacial score (nSPS) is 31.7. The Bertz CT molecular complexity index is 624. The Balaban J connectivity index is 1.50. The molecule has 2 unspecified atom stereocenters. The molecule has 2 saturated heterocycles. The molecule has 0 bridgehead atoms.